The van der Waals surface area contributed by atoms with Gasteiger partial charge >= 0.3 is 0 Å². The molecule has 1 aliphatic heterocycles. The van der Waals surface area contributed by atoms with Gasteiger partial charge in [0.1, 0.15) is 12.2 Å². The van der Waals surface area contributed by atoms with Crippen molar-refractivity contribution in [2.45, 2.75) is 51.7 Å². The predicted molar refractivity (Wildman–Crippen MR) is 72.2 cm³/mol. The van der Waals surface area contributed by atoms with Gasteiger partial charge in [0.15, 0.2) is 0 Å². The molecule has 1 unspecified atom stereocenters. The van der Waals surface area contributed by atoms with Gasteiger partial charge < -0.3 is 5.32 Å². The molecule has 1 saturated heterocycles. The van der Waals surface area contributed by atoms with E-state index in [9.17, 15) is 0 Å². The van der Waals surface area contributed by atoms with E-state index in [1.807, 2.05) is 11.7 Å². The lowest BCUT2D eigenvalue weighted by Crippen LogP contribution is -2.45. The van der Waals surface area contributed by atoms with Crippen LogP contribution in [0.2, 0.25) is 0 Å². The highest BCUT2D eigenvalue weighted by atomic mass is 15.3. The fourth-order valence-electron chi connectivity index (χ4n) is 2.47. The Morgan fingerprint density at radius 3 is 2.89 bits per heavy atom. The summed E-state index contributed by atoms with van der Waals surface area (Å²) in [6, 6.07) is 1.17. The molecule has 0 spiro atoms. The summed E-state index contributed by atoms with van der Waals surface area (Å²) >= 11 is 0. The molecule has 1 aliphatic rings. The zero-order valence-electron chi connectivity index (χ0n) is 11.8. The molecule has 18 heavy (non-hydrogen) atoms. The van der Waals surface area contributed by atoms with Gasteiger partial charge in [-0.3, -0.25) is 9.58 Å². The predicted octanol–water partition coefficient (Wildman–Crippen LogP) is 1.17. The van der Waals surface area contributed by atoms with Crippen LogP contribution < -0.4 is 5.32 Å². The van der Waals surface area contributed by atoms with Crippen LogP contribution in [0.3, 0.4) is 0 Å². The number of hydrogen-bond acceptors (Lipinski definition) is 4. The van der Waals surface area contributed by atoms with Gasteiger partial charge in [0.2, 0.25) is 0 Å². The highest BCUT2D eigenvalue weighted by Crippen LogP contribution is 2.12. The zero-order valence-corrected chi connectivity index (χ0v) is 11.8. The molecule has 1 atom stereocenters. The highest BCUT2D eigenvalue weighted by Gasteiger charge is 2.19. The Balaban J connectivity index is 1.93. The molecule has 102 valence electrons. The standard InChI is InChI=1S/C13H25N5/c1-11(2)18(8-12-6-4-5-7-14-12)9-13-15-10-16-17(13)3/h10-12,14H,4-9H2,1-3H3. The van der Waals surface area contributed by atoms with Crippen LogP contribution in [0.25, 0.3) is 0 Å². The van der Waals surface area contributed by atoms with E-state index in [2.05, 4.69) is 34.1 Å². The van der Waals surface area contributed by atoms with Gasteiger partial charge in [0.25, 0.3) is 0 Å². The third kappa shape index (κ3) is 3.53. The van der Waals surface area contributed by atoms with E-state index < -0.39 is 0 Å². The Bertz CT molecular complexity index is 354. The van der Waals surface area contributed by atoms with Crippen LogP contribution in [0.1, 0.15) is 38.9 Å². The number of piperidine rings is 1. The van der Waals surface area contributed by atoms with Crippen molar-refractivity contribution < 1.29 is 0 Å². The van der Waals surface area contributed by atoms with Crippen molar-refractivity contribution in [3.8, 4) is 0 Å². The quantitative estimate of drug-likeness (QED) is 0.853. The van der Waals surface area contributed by atoms with E-state index in [1.54, 1.807) is 6.33 Å². The molecule has 0 aliphatic carbocycles. The van der Waals surface area contributed by atoms with Crippen LogP contribution in [-0.4, -0.2) is 44.8 Å². The topological polar surface area (TPSA) is 46.0 Å². The minimum absolute atomic E-state index is 0.533. The van der Waals surface area contributed by atoms with Gasteiger partial charge in [-0.25, -0.2) is 4.98 Å². The molecule has 1 fully saturated rings. The van der Waals surface area contributed by atoms with E-state index in [4.69, 9.17) is 0 Å². The van der Waals surface area contributed by atoms with Crippen molar-refractivity contribution in [1.82, 2.24) is 25.0 Å². The first-order chi connectivity index (χ1) is 8.66. The Morgan fingerprint density at radius 2 is 2.33 bits per heavy atom. The smallest absolute Gasteiger partial charge is 0.140 e. The van der Waals surface area contributed by atoms with Gasteiger partial charge in [-0.2, -0.15) is 5.10 Å². The minimum atomic E-state index is 0.533. The van der Waals surface area contributed by atoms with Crippen LogP contribution in [0.4, 0.5) is 0 Å². The molecule has 1 N–H and O–H groups in total. The fraction of sp³-hybridized carbons (Fsp3) is 0.846. The number of aromatic nitrogens is 3. The average molecular weight is 251 g/mol. The first-order valence-electron chi connectivity index (χ1n) is 6.97. The average Bonchev–Trinajstić information content (AvgIpc) is 2.75. The number of nitrogens with zero attached hydrogens (tertiary/aromatic N) is 4. The number of nitrogens with one attached hydrogen (secondary N) is 1. The SMILES string of the molecule is CC(C)N(Cc1ncnn1C)CC1CCCCN1. The molecule has 5 nitrogen and oxygen atoms in total. The van der Waals surface area contributed by atoms with E-state index in [0.717, 1.165) is 18.9 Å². The molecule has 0 aromatic carbocycles. The highest BCUT2D eigenvalue weighted by molar-refractivity contribution is 4.86. The fourth-order valence-corrected chi connectivity index (χ4v) is 2.47. The normalized spacial score (nSPS) is 20.8. The van der Waals surface area contributed by atoms with Crippen molar-refractivity contribution in [3.05, 3.63) is 12.2 Å². The Hall–Kier alpha value is -0.940. The third-order valence-electron chi connectivity index (χ3n) is 3.75. The summed E-state index contributed by atoms with van der Waals surface area (Å²) in [7, 11) is 1.96. The molecule has 1 aromatic rings. The maximum atomic E-state index is 4.32. The van der Waals surface area contributed by atoms with Crippen LogP contribution >= 0.6 is 0 Å². The lowest BCUT2D eigenvalue weighted by Gasteiger charge is -2.32. The first-order valence-corrected chi connectivity index (χ1v) is 6.97. The molecule has 0 amide bonds. The summed E-state index contributed by atoms with van der Waals surface area (Å²) in [6.07, 6.45) is 5.60. The monoisotopic (exact) mass is 251 g/mol. The van der Waals surface area contributed by atoms with Crippen LogP contribution in [0, 0.1) is 0 Å². The van der Waals surface area contributed by atoms with Gasteiger partial charge in [-0.15, -0.1) is 0 Å². The molecular formula is C13H25N5. The lowest BCUT2D eigenvalue weighted by molar-refractivity contribution is 0.171. The van der Waals surface area contributed by atoms with Crippen molar-refractivity contribution in [1.29, 1.82) is 0 Å². The maximum Gasteiger partial charge on any atom is 0.140 e. The van der Waals surface area contributed by atoms with E-state index in [0.29, 0.717) is 12.1 Å². The van der Waals surface area contributed by atoms with Crippen molar-refractivity contribution in [2.24, 2.45) is 7.05 Å². The summed E-state index contributed by atoms with van der Waals surface area (Å²) in [5.41, 5.74) is 0. The Labute approximate surface area is 110 Å². The number of aryl methyl sites for hydroxylation is 1. The largest absolute Gasteiger partial charge is 0.313 e. The second-order valence-corrected chi connectivity index (χ2v) is 5.47. The third-order valence-corrected chi connectivity index (χ3v) is 3.75. The summed E-state index contributed by atoms with van der Waals surface area (Å²) in [5.74, 6) is 1.04. The van der Waals surface area contributed by atoms with Crippen LogP contribution in [-0.2, 0) is 13.6 Å². The molecule has 2 rings (SSSR count). The van der Waals surface area contributed by atoms with E-state index in [-0.39, 0.29) is 0 Å². The van der Waals surface area contributed by atoms with E-state index in [1.165, 1.54) is 25.8 Å². The summed E-state index contributed by atoms with van der Waals surface area (Å²) < 4.78 is 1.86. The Kier molecular flexibility index (Phi) is 4.72. The van der Waals surface area contributed by atoms with Gasteiger partial charge in [0, 0.05) is 25.7 Å². The van der Waals surface area contributed by atoms with Crippen molar-refractivity contribution in [2.75, 3.05) is 13.1 Å². The molecule has 0 saturated carbocycles. The summed E-state index contributed by atoms with van der Waals surface area (Å²) in [4.78, 5) is 6.80. The lowest BCUT2D eigenvalue weighted by atomic mass is 10.0. The molecule has 0 radical (unpaired) electrons. The minimum Gasteiger partial charge on any atom is -0.313 e. The van der Waals surface area contributed by atoms with Crippen molar-refractivity contribution in [3.63, 3.8) is 0 Å². The first kappa shape index (κ1) is 13.5. The molecular weight excluding hydrogens is 226 g/mol. The molecule has 1 aromatic heterocycles. The number of rotatable bonds is 5. The van der Waals surface area contributed by atoms with Gasteiger partial charge in [-0.1, -0.05) is 6.42 Å². The van der Waals surface area contributed by atoms with E-state index >= 15 is 0 Å². The Morgan fingerprint density at radius 1 is 1.50 bits per heavy atom. The second kappa shape index (κ2) is 6.29. The van der Waals surface area contributed by atoms with Gasteiger partial charge in [0.05, 0.1) is 6.54 Å². The van der Waals surface area contributed by atoms with Crippen LogP contribution in [0.15, 0.2) is 6.33 Å². The van der Waals surface area contributed by atoms with Crippen LogP contribution in [0.5, 0.6) is 0 Å². The maximum absolute atomic E-state index is 4.32. The van der Waals surface area contributed by atoms with Crippen molar-refractivity contribution >= 4 is 0 Å². The zero-order chi connectivity index (χ0) is 13.0. The second-order valence-electron chi connectivity index (χ2n) is 5.47. The molecule has 5 heteroatoms. The van der Waals surface area contributed by atoms with Gasteiger partial charge in [-0.05, 0) is 33.2 Å². The summed E-state index contributed by atoms with van der Waals surface area (Å²) in [5, 5.41) is 7.75. The molecule has 0 bridgehead atoms. The number of hydrogen-bond donors (Lipinski definition) is 1. The summed E-state index contributed by atoms with van der Waals surface area (Å²) in [6.45, 7) is 7.65. The molecule has 2 heterocycles.